The molecular formula is C17H13BrN4. The summed E-state index contributed by atoms with van der Waals surface area (Å²) in [5.74, 6) is 0. The summed E-state index contributed by atoms with van der Waals surface area (Å²) in [7, 11) is 0. The van der Waals surface area contributed by atoms with Crippen molar-refractivity contribution >= 4 is 26.8 Å². The number of aromatic nitrogens is 4. The molecule has 0 aliphatic rings. The fourth-order valence-electron chi connectivity index (χ4n) is 2.56. The molecule has 0 saturated carbocycles. The number of hydrogen-bond donors (Lipinski definition) is 0. The van der Waals surface area contributed by atoms with Gasteiger partial charge in [0.15, 0.2) is 0 Å². The first-order valence-electron chi connectivity index (χ1n) is 6.95. The number of benzene rings is 2. The van der Waals surface area contributed by atoms with Crippen molar-refractivity contribution in [2.45, 2.75) is 6.92 Å². The summed E-state index contributed by atoms with van der Waals surface area (Å²) in [6, 6.07) is 14.4. The Morgan fingerprint density at radius 1 is 1.05 bits per heavy atom. The molecule has 0 aliphatic heterocycles. The highest BCUT2D eigenvalue weighted by Crippen LogP contribution is 2.23. The number of nitrogens with zero attached hydrogens (tertiary/aromatic N) is 4. The van der Waals surface area contributed by atoms with Gasteiger partial charge in [0.25, 0.3) is 0 Å². The zero-order chi connectivity index (χ0) is 15.1. The predicted octanol–water partition coefficient (Wildman–Crippen LogP) is 4.28. The molecule has 0 N–H and O–H groups in total. The lowest BCUT2D eigenvalue weighted by molar-refractivity contribution is 0.910. The van der Waals surface area contributed by atoms with Gasteiger partial charge in [-0.1, -0.05) is 22.0 Å². The van der Waals surface area contributed by atoms with Crippen molar-refractivity contribution in [3.05, 3.63) is 71.4 Å². The summed E-state index contributed by atoms with van der Waals surface area (Å²) in [6.07, 6.45) is 5.73. The van der Waals surface area contributed by atoms with Gasteiger partial charge in [-0.05, 0) is 43.3 Å². The van der Waals surface area contributed by atoms with Gasteiger partial charge >= 0.3 is 0 Å². The number of halogens is 1. The van der Waals surface area contributed by atoms with Gasteiger partial charge in [-0.25, -0.2) is 9.67 Å². The Morgan fingerprint density at radius 2 is 1.95 bits per heavy atom. The normalized spacial score (nSPS) is 11.2. The minimum Gasteiger partial charge on any atom is -0.306 e. The highest BCUT2D eigenvalue weighted by Gasteiger charge is 2.07. The zero-order valence-electron chi connectivity index (χ0n) is 11.9. The van der Waals surface area contributed by atoms with E-state index in [2.05, 4.69) is 50.3 Å². The molecule has 2 heterocycles. The lowest BCUT2D eigenvalue weighted by Crippen LogP contribution is -1.96. The van der Waals surface area contributed by atoms with Gasteiger partial charge in [-0.15, -0.1) is 0 Å². The summed E-state index contributed by atoms with van der Waals surface area (Å²) in [4.78, 5) is 4.27. The molecule has 108 valence electrons. The van der Waals surface area contributed by atoms with E-state index in [-0.39, 0.29) is 0 Å². The molecule has 0 unspecified atom stereocenters. The number of hydrogen-bond acceptors (Lipinski definition) is 2. The van der Waals surface area contributed by atoms with Gasteiger partial charge in [0.1, 0.15) is 0 Å². The Morgan fingerprint density at radius 3 is 2.73 bits per heavy atom. The Balaban J connectivity index is 1.84. The second kappa shape index (κ2) is 5.10. The molecule has 0 fully saturated rings. The van der Waals surface area contributed by atoms with Crippen LogP contribution >= 0.6 is 15.9 Å². The van der Waals surface area contributed by atoms with Crippen molar-refractivity contribution in [1.29, 1.82) is 0 Å². The molecule has 4 nitrogen and oxygen atoms in total. The van der Waals surface area contributed by atoms with Crippen LogP contribution in [0.5, 0.6) is 0 Å². The van der Waals surface area contributed by atoms with Crippen LogP contribution in [0.2, 0.25) is 0 Å². The topological polar surface area (TPSA) is 35.6 Å². The summed E-state index contributed by atoms with van der Waals surface area (Å²) >= 11 is 3.50. The summed E-state index contributed by atoms with van der Waals surface area (Å²) < 4.78 is 5.01. The van der Waals surface area contributed by atoms with Crippen LogP contribution in [0.15, 0.2) is 65.7 Å². The Kier molecular flexibility index (Phi) is 3.08. The van der Waals surface area contributed by atoms with E-state index in [0.29, 0.717) is 0 Å². The maximum atomic E-state index is 4.52. The fraction of sp³-hybridized carbons (Fsp3) is 0.0588. The van der Waals surface area contributed by atoms with Gasteiger partial charge in [0.2, 0.25) is 0 Å². The molecule has 0 amide bonds. The average molecular weight is 353 g/mol. The van der Waals surface area contributed by atoms with Gasteiger partial charge in [-0.3, -0.25) is 0 Å². The standard InChI is InChI=1S/C17H13BrN4/c1-12-10-21(11-19-12)15-5-6-17-13(7-15)9-20-22(17)16-4-2-3-14(18)8-16/h2-11H,1H3. The largest absolute Gasteiger partial charge is 0.306 e. The number of aryl methyl sites for hydroxylation is 1. The minimum atomic E-state index is 1.00. The molecule has 0 radical (unpaired) electrons. The Hall–Kier alpha value is -2.40. The van der Waals surface area contributed by atoms with Crippen LogP contribution in [-0.4, -0.2) is 19.3 Å². The molecule has 2 aromatic heterocycles. The van der Waals surface area contributed by atoms with Crippen molar-refractivity contribution < 1.29 is 0 Å². The maximum Gasteiger partial charge on any atom is 0.0995 e. The van der Waals surface area contributed by atoms with Crippen LogP contribution < -0.4 is 0 Å². The minimum absolute atomic E-state index is 1.00. The Bertz CT molecular complexity index is 968. The molecule has 0 saturated heterocycles. The van der Waals surface area contributed by atoms with E-state index in [4.69, 9.17) is 0 Å². The molecule has 0 bridgehead atoms. The molecule has 4 rings (SSSR count). The second-order valence-corrected chi connectivity index (χ2v) is 6.12. The van der Waals surface area contributed by atoms with Crippen molar-refractivity contribution in [2.75, 3.05) is 0 Å². The van der Waals surface area contributed by atoms with Crippen LogP contribution in [0.3, 0.4) is 0 Å². The maximum absolute atomic E-state index is 4.52. The quantitative estimate of drug-likeness (QED) is 0.539. The molecule has 0 atom stereocenters. The molecule has 0 spiro atoms. The van der Waals surface area contributed by atoms with Crippen molar-refractivity contribution in [3.63, 3.8) is 0 Å². The van der Waals surface area contributed by atoms with Gasteiger partial charge < -0.3 is 4.57 Å². The third kappa shape index (κ3) is 2.23. The van der Waals surface area contributed by atoms with E-state index >= 15 is 0 Å². The molecule has 0 aliphatic carbocycles. The lowest BCUT2D eigenvalue weighted by Gasteiger charge is -2.05. The first-order chi connectivity index (χ1) is 10.7. The summed E-state index contributed by atoms with van der Waals surface area (Å²) in [5, 5.41) is 5.62. The smallest absolute Gasteiger partial charge is 0.0995 e. The molecule has 4 aromatic rings. The average Bonchev–Trinajstić information content (AvgIpc) is 3.12. The SMILES string of the molecule is Cc1cn(-c2ccc3c(cnn3-c3cccc(Br)c3)c2)cn1. The highest BCUT2D eigenvalue weighted by atomic mass is 79.9. The summed E-state index contributed by atoms with van der Waals surface area (Å²) in [5.41, 5.74) is 4.21. The number of rotatable bonds is 2. The van der Waals surface area contributed by atoms with E-state index in [9.17, 15) is 0 Å². The highest BCUT2D eigenvalue weighted by molar-refractivity contribution is 9.10. The molecular weight excluding hydrogens is 340 g/mol. The fourth-order valence-corrected chi connectivity index (χ4v) is 2.94. The van der Waals surface area contributed by atoms with Crippen molar-refractivity contribution in [1.82, 2.24) is 19.3 Å². The van der Waals surface area contributed by atoms with E-state index < -0.39 is 0 Å². The summed E-state index contributed by atoms with van der Waals surface area (Å²) in [6.45, 7) is 1.99. The van der Waals surface area contributed by atoms with E-state index in [0.717, 1.165) is 32.4 Å². The predicted molar refractivity (Wildman–Crippen MR) is 90.6 cm³/mol. The van der Waals surface area contributed by atoms with E-state index in [1.54, 1.807) is 0 Å². The molecule has 2 aromatic carbocycles. The second-order valence-electron chi connectivity index (χ2n) is 5.20. The third-order valence-electron chi connectivity index (χ3n) is 3.61. The van der Waals surface area contributed by atoms with Crippen molar-refractivity contribution in [3.8, 4) is 11.4 Å². The van der Waals surface area contributed by atoms with Crippen LogP contribution in [-0.2, 0) is 0 Å². The zero-order valence-corrected chi connectivity index (χ0v) is 13.5. The van der Waals surface area contributed by atoms with Gasteiger partial charge in [-0.2, -0.15) is 5.10 Å². The van der Waals surface area contributed by atoms with Crippen LogP contribution in [0.1, 0.15) is 5.69 Å². The van der Waals surface area contributed by atoms with Crippen LogP contribution in [0.25, 0.3) is 22.3 Å². The first-order valence-corrected chi connectivity index (χ1v) is 7.75. The van der Waals surface area contributed by atoms with Gasteiger partial charge in [0, 0.05) is 21.7 Å². The number of fused-ring (bicyclic) bond motifs is 1. The van der Waals surface area contributed by atoms with Crippen LogP contribution in [0, 0.1) is 6.92 Å². The number of imidazole rings is 1. The first kappa shape index (κ1) is 13.3. The lowest BCUT2D eigenvalue weighted by atomic mass is 10.2. The van der Waals surface area contributed by atoms with Crippen LogP contribution in [0.4, 0.5) is 0 Å². The van der Waals surface area contributed by atoms with Gasteiger partial charge in [0.05, 0.1) is 29.4 Å². The van der Waals surface area contributed by atoms with E-state index in [1.165, 1.54) is 0 Å². The Labute approximate surface area is 136 Å². The van der Waals surface area contributed by atoms with E-state index in [1.807, 2.05) is 53.1 Å². The monoisotopic (exact) mass is 352 g/mol. The molecule has 5 heteroatoms. The van der Waals surface area contributed by atoms with Crippen molar-refractivity contribution in [2.24, 2.45) is 0 Å². The molecule has 22 heavy (non-hydrogen) atoms. The third-order valence-corrected chi connectivity index (χ3v) is 4.11.